The van der Waals surface area contributed by atoms with E-state index < -0.39 is 0 Å². The second-order valence-corrected chi connectivity index (χ2v) is 9.46. The molecule has 1 heterocycles. The lowest BCUT2D eigenvalue weighted by Crippen LogP contribution is -2.29. The van der Waals surface area contributed by atoms with Crippen LogP contribution in [0.15, 0.2) is 72.8 Å². The van der Waals surface area contributed by atoms with Gasteiger partial charge in [-0.15, -0.1) is 11.8 Å². The molecule has 1 aliphatic heterocycles. The molecule has 1 fully saturated rings. The second-order valence-electron chi connectivity index (χ2n) is 8.39. The summed E-state index contributed by atoms with van der Waals surface area (Å²) in [6.45, 7) is 7.83. The van der Waals surface area contributed by atoms with E-state index in [0.717, 1.165) is 29.0 Å². The Bertz CT molecular complexity index is 1150. The summed E-state index contributed by atoms with van der Waals surface area (Å²) in [7, 11) is 0. The highest BCUT2D eigenvalue weighted by atomic mass is 32.2. The minimum atomic E-state index is -0.351. The SMILES string of the molecule is CCN(CCOC(=O)c1ccc(N2C(=O)CSC2c2ccc(C)cc2)c(C)c1)c1ccccc1. The van der Waals surface area contributed by atoms with Gasteiger partial charge >= 0.3 is 5.97 Å². The van der Waals surface area contributed by atoms with Crippen molar-refractivity contribution in [1.82, 2.24) is 0 Å². The summed E-state index contributed by atoms with van der Waals surface area (Å²) in [4.78, 5) is 29.5. The third kappa shape index (κ3) is 5.28. The van der Waals surface area contributed by atoms with E-state index in [4.69, 9.17) is 4.74 Å². The molecular formula is C28H30N2O3S. The van der Waals surface area contributed by atoms with Gasteiger partial charge in [-0.3, -0.25) is 9.69 Å². The van der Waals surface area contributed by atoms with E-state index >= 15 is 0 Å². The Kier molecular flexibility index (Phi) is 7.58. The largest absolute Gasteiger partial charge is 0.460 e. The van der Waals surface area contributed by atoms with Crippen LogP contribution in [0.1, 0.15) is 39.3 Å². The topological polar surface area (TPSA) is 49.9 Å². The van der Waals surface area contributed by atoms with Crippen LogP contribution in [0, 0.1) is 13.8 Å². The first-order chi connectivity index (χ1) is 16.5. The van der Waals surface area contributed by atoms with Crippen molar-refractivity contribution >= 4 is 35.0 Å². The molecule has 0 saturated carbocycles. The maximum Gasteiger partial charge on any atom is 0.338 e. The zero-order valence-corrected chi connectivity index (χ0v) is 20.7. The highest BCUT2D eigenvalue weighted by Gasteiger charge is 2.34. The van der Waals surface area contributed by atoms with Crippen LogP contribution in [-0.2, 0) is 9.53 Å². The summed E-state index contributed by atoms with van der Waals surface area (Å²) in [5.41, 5.74) is 5.60. The molecule has 1 amide bonds. The molecule has 1 saturated heterocycles. The predicted octanol–water partition coefficient (Wildman–Crippen LogP) is 5.77. The second kappa shape index (κ2) is 10.8. The Labute approximate surface area is 205 Å². The van der Waals surface area contributed by atoms with Crippen molar-refractivity contribution in [3.8, 4) is 0 Å². The summed E-state index contributed by atoms with van der Waals surface area (Å²) >= 11 is 1.63. The van der Waals surface area contributed by atoms with Gasteiger partial charge in [0.15, 0.2) is 0 Å². The summed E-state index contributed by atoms with van der Waals surface area (Å²) < 4.78 is 5.56. The highest BCUT2D eigenvalue weighted by Crippen LogP contribution is 2.42. The zero-order chi connectivity index (χ0) is 24.1. The number of hydrogen-bond donors (Lipinski definition) is 0. The van der Waals surface area contributed by atoms with Crippen LogP contribution in [0.5, 0.6) is 0 Å². The first-order valence-corrected chi connectivity index (χ1v) is 12.6. The van der Waals surface area contributed by atoms with Gasteiger partial charge in [-0.05, 0) is 62.2 Å². The molecular weight excluding hydrogens is 444 g/mol. The van der Waals surface area contributed by atoms with E-state index in [1.807, 2.05) is 42.2 Å². The van der Waals surface area contributed by atoms with Crippen molar-refractivity contribution < 1.29 is 14.3 Å². The number of hydrogen-bond acceptors (Lipinski definition) is 5. The monoisotopic (exact) mass is 474 g/mol. The van der Waals surface area contributed by atoms with Crippen molar-refractivity contribution in [2.75, 3.05) is 35.2 Å². The lowest BCUT2D eigenvalue weighted by Gasteiger charge is -2.26. The third-order valence-corrected chi connectivity index (χ3v) is 7.23. The first kappa shape index (κ1) is 23.9. The van der Waals surface area contributed by atoms with E-state index in [9.17, 15) is 9.59 Å². The fraction of sp³-hybridized carbons (Fsp3) is 0.286. The Morgan fingerprint density at radius 2 is 1.79 bits per heavy atom. The fourth-order valence-corrected chi connectivity index (χ4v) is 5.32. The molecule has 1 aliphatic rings. The number of aryl methyl sites for hydroxylation is 2. The summed E-state index contributed by atoms with van der Waals surface area (Å²) in [5.74, 6) is 0.169. The molecule has 3 aromatic rings. The Morgan fingerprint density at radius 1 is 1.06 bits per heavy atom. The number of likely N-dealkylation sites (N-methyl/N-ethyl adjacent to an activating group) is 1. The van der Waals surface area contributed by atoms with Crippen molar-refractivity contribution in [1.29, 1.82) is 0 Å². The fourth-order valence-electron chi connectivity index (χ4n) is 4.16. The molecule has 1 unspecified atom stereocenters. The zero-order valence-electron chi connectivity index (χ0n) is 19.9. The van der Waals surface area contributed by atoms with Crippen molar-refractivity contribution in [2.24, 2.45) is 0 Å². The van der Waals surface area contributed by atoms with Gasteiger partial charge in [0.05, 0.1) is 17.9 Å². The van der Waals surface area contributed by atoms with E-state index in [-0.39, 0.29) is 17.3 Å². The number of thioether (sulfide) groups is 1. The van der Waals surface area contributed by atoms with Crippen LogP contribution in [0.2, 0.25) is 0 Å². The highest BCUT2D eigenvalue weighted by molar-refractivity contribution is 8.00. The number of carbonyl (C=O) groups excluding carboxylic acids is 2. The first-order valence-electron chi connectivity index (χ1n) is 11.6. The Hall–Kier alpha value is -3.25. The average Bonchev–Trinajstić information content (AvgIpc) is 3.23. The van der Waals surface area contributed by atoms with Crippen molar-refractivity contribution in [3.63, 3.8) is 0 Å². The van der Waals surface area contributed by atoms with Crippen LogP contribution >= 0.6 is 11.8 Å². The van der Waals surface area contributed by atoms with E-state index in [1.165, 1.54) is 5.56 Å². The van der Waals surface area contributed by atoms with E-state index in [0.29, 0.717) is 24.5 Å². The van der Waals surface area contributed by atoms with Gasteiger partial charge in [-0.25, -0.2) is 4.79 Å². The molecule has 3 aromatic carbocycles. The van der Waals surface area contributed by atoms with Gasteiger partial charge in [0, 0.05) is 17.9 Å². The van der Waals surface area contributed by atoms with Gasteiger partial charge in [-0.2, -0.15) is 0 Å². The maximum atomic E-state index is 12.8. The Balaban J connectivity index is 1.43. The summed E-state index contributed by atoms with van der Waals surface area (Å²) in [5, 5.41) is -0.0670. The van der Waals surface area contributed by atoms with Gasteiger partial charge in [0.1, 0.15) is 12.0 Å². The third-order valence-electron chi connectivity index (χ3n) is 6.02. The predicted molar refractivity (Wildman–Crippen MR) is 140 cm³/mol. The molecule has 0 spiro atoms. The minimum absolute atomic E-state index is 0.0670. The van der Waals surface area contributed by atoms with Crippen molar-refractivity contribution in [2.45, 2.75) is 26.1 Å². The molecule has 5 nitrogen and oxygen atoms in total. The summed E-state index contributed by atoms with van der Waals surface area (Å²) in [6.07, 6.45) is 0. The lowest BCUT2D eigenvalue weighted by molar-refractivity contribution is -0.115. The molecule has 34 heavy (non-hydrogen) atoms. The number of esters is 1. The minimum Gasteiger partial charge on any atom is -0.460 e. The average molecular weight is 475 g/mol. The van der Waals surface area contributed by atoms with Crippen LogP contribution in [-0.4, -0.2) is 37.3 Å². The molecule has 4 rings (SSSR count). The molecule has 176 valence electrons. The number of anilines is 2. The van der Waals surface area contributed by atoms with Crippen LogP contribution < -0.4 is 9.80 Å². The van der Waals surface area contributed by atoms with Gasteiger partial charge < -0.3 is 9.64 Å². The van der Waals surface area contributed by atoms with E-state index in [1.54, 1.807) is 17.8 Å². The number of nitrogens with zero attached hydrogens (tertiary/aromatic N) is 2. The van der Waals surface area contributed by atoms with Gasteiger partial charge in [0.25, 0.3) is 0 Å². The van der Waals surface area contributed by atoms with Crippen LogP contribution in [0.4, 0.5) is 11.4 Å². The lowest BCUT2D eigenvalue weighted by atomic mass is 10.1. The smallest absolute Gasteiger partial charge is 0.338 e. The number of benzene rings is 3. The molecule has 0 N–H and O–H groups in total. The molecule has 0 aromatic heterocycles. The molecule has 1 atom stereocenters. The van der Waals surface area contributed by atoms with Gasteiger partial charge in [0.2, 0.25) is 5.91 Å². The number of ether oxygens (including phenoxy) is 1. The summed E-state index contributed by atoms with van der Waals surface area (Å²) in [6, 6.07) is 23.8. The number of para-hydroxylation sites is 1. The number of carbonyl (C=O) groups is 2. The van der Waals surface area contributed by atoms with Crippen LogP contribution in [0.3, 0.4) is 0 Å². The maximum absolute atomic E-state index is 12.8. The quantitative estimate of drug-likeness (QED) is 0.388. The standard InChI is InChI=1S/C28H30N2O3S/c1-4-29(24-8-6-5-7-9-24)16-17-33-28(32)23-14-15-25(21(3)18-23)30-26(31)19-34-27(30)22-12-10-20(2)11-13-22/h5-15,18,27H,4,16-17,19H2,1-3H3. The molecule has 0 radical (unpaired) electrons. The molecule has 0 bridgehead atoms. The molecule has 6 heteroatoms. The van der Waals surface area contributed by atoms with E-state index in [2.05, 4.69) is 55.1 Å². The number of rotatable bonds is 8. The number of amides is 1. The van der Waals surface area contributed by atoms with Crippen LogP contribution in [0.25, 0.3) is 0 Å². The normalized spacial score (nSPS) is 15.4. The molecule has 0 aliphatic carbocycles. The Morgan fingerprint density at radius 3 is 2.47 bits per heavy atom. The van der Waals surface area contributed by atoms with Gasteiger partial charge in [-0.1, -0.05) is 48.0 Å². The van der Waals surface area contributed by atoms with Crippen molar-refractivity contribution in [3.05, 3.63) is 95.1 Å².